The minimum Gasteiger partial charge on any atom is -0.369 e. The third kappa shape index (κ3) is 6.67. The van der Waals surface area contributed by atoms with Gasteiger partial charge in [0, 0.05) is 45.1 Å². The molecule has 0 unspecified atom stereocenters. The number of aromatic nitrogens is 1. The summed E-state index contributed by atoms with van der Waals surface area (Å²) in [7, 11) is 4.67. The number of aryl methyl sites for hydroxylation is 1. The highest BCUT2D eigenvalue weighted by Gasteiger charge is 2.22. The molecule has 0 fully saturated rings. The molecule has 0 N–H and O–H groups in total. The van der Waals surface area contributed by atoms with Gasteiger partial charge in [0.1, 0.15) is 22.4 Å². The van der Waals surface area contributed by atoms with Gasteiger partial charge in [-0.1, -0.05) is 35.9 Å². The maximum Gasteiger partial charge on any atom is 0.275 e. The van der Waals surface area contributed by atoms with Crippen LogP contribution in [0.1, 0.15) is 34.1 Å². The smallest absolute Gasteiger partial charge is 0.275 e. The van der Waals surface area contributed by atoms with Crippen molar-refractivity contribution in [3.8, 4) is 0 Å². The van der Waals surface area contributed by atoms with Crippen molar-refractivity contribution in [2.45, 2.75) is 20.4 Å². The summed E-state index contributed by atoms with van der Waals surface area (Å²) < 4.78 is 45.3. The van der Waals surface area contributed by atoms with E-state index in [0.29, 0.717) is 17.9 Å². The highest BCUT2D eigenvalue weighted by molar-refractivity contribution is 6.33. The average molecular weight is 557 g/mol. The summed E-state index contributed by atoms with van der Waals surface area (Å²) in [6.45, 7) is 3.59. The van der Waals surface area contributed by atoms with Gasteiger partial charge >= 0.3 is 0 Å². The van der Waals surface area contributed by atoms with E-state index in [4.69, 9.17) is 11.6 Å². The Balaban J connectivity index is 2.06. The summed E-state index contributed by atoms with van der Waals surface area (Å²) in [5.41, 5.74) is -0.0516. The van der Waals surface area contributed by atoms with Crippen LogP contribution in [0.5, 0.6) is 0 Å². The van der Waals surface area contributed by atoms with Gasteiger partial charge in [0.25, 0.3) is 11.5 Å². The van der Waals surface area contributed by atoms with E-state index < -0.39 is 28.8 Å². The molecule has 0 saturated carbocycles. The van der Waals surface area contributed by atoms with E-state index in [-0.39, 0.29) is 22.0 Å². The lowest BCUT2D eigenvalue weighted by Gasteiger charge is -2.22. The van der Waals surface area contributed by atoms with Gasteiger partial charge in [-0.15, -0.1) is 0 Å². The Morgan fingerprint density at radius 3 is 2.33 bits per heavy atom. The number of benzene rings is 2. The van der Waals surface area contributed by atoms with Crippen LogP contribution in [0, 0.1) is 18.6 Å². The summed E-state index contributed by atoms with van der Waals surface area (Å²) in [5.74, 6) is -2.92. The minimum atomic E-state index is -1.02. The number of rotatable bonds is 8. The van der Waals surface area contributed by atoms with Crippen molar-refractivity contribution in [1.29, 1.82) is 0 Å². The van der Waals surface area contributed by atoms with E-state index in [2.05, 4.69) is 4.99 Å². The van der Waals surface area contributed by atoms with Crippen LogP contribution in [0.4, 0.5) is 18.9 Å². The first-order valence-corrected chi connectivity index (χ1v) is 12.3. The summed E-state index contributed by atoms with van der Waals surface area (Å²) in [4.78, 5) is 32.5. The van der Waals surface area contributed by atoms with Crippen molar-refractivity contribution >= 4 is 35.1 Å². The Morgan fingerprint density at radius 1 is 1.08 bits per heavy atom. The third-order valence-electron chi connectivity index (χ3n) is 5.81. The molecule has 3 aromatic rings. The summed E-state index contributed by atoms with van der Waals surface area (Å²) in [6, 6.07) is 11.5. The van der Waals surface area contributed by atoms with Crippen molar-refractivity contribution in [2.75, 3.05) is 26.0 Å². The Hall–Kier alpha value is -4.11. The molecule has 0 saturated heterocycles. The summed E-state index contributed by atoms with van der Waals surface area (Å²) >= 11 is 6.40. The van der Waals surface area contributed by atoms with Crippen molar-refractivity contribution in [3.63, 3.8) is 0 Å². The number of hydrogen-bond acceptors (Lipinski definition) is 4. The largest absolute Gasteiger partial charge is 0.369 e. The molecule has 0 bridgehead atoms. The highest BCUT2D eigenvalue weighted by Crippen LogP contribution is 2.26. The Kier molecular flexibility index (Phi) is 9.53. The standard InChI is InChI=1S/C29H28ClF3N4O2/c1-6-14-34-27(21-8-7-9-22(26(21)33)28(38)35(3)4)23(32)17-37-18(2)15-24(25(30)29(37)39)36(5)16-19-10-12-20(31)13-11-19/h6-15,17H,16H2,1-5H3/b14-6+,23-17-,34-27+. The lowest BCUT2D eigenvalue weighted by atomic mass is 10.0. The number of pyridine rings is 1. The normalized spacial score (nSPS) is 12.2. The minimum absolute atomic E-state index is 0.161. The van der Waals surface area contributed by atoms with E-state index in [1.54, 1.807) is 44.0 Å². The Bertz CT molecular complexity index is 1530. The maximum absolute atomic E-state index is 15.7. The molecule has 3 rings (SSSR count). The van der Waals surface area contributed by atoms with Gasteiger partial charge in [-0.25, -0.2) is 13.2 Å². The van der Waals surface area contributed by atoms with E-state index >= 15 is 8.78 Å². The fraction of sp³-hybridized carbons (Fsp3) is 0.207. The number of allylic oxidation sites excluding steroid dienone is 2. The SMILES string of the molecule is C/C=C/N=C(/C(F)=C/n1c(C)cc(N(C)Cc2ccc(F)cc2)c(Cl)c1=O)c1cccc(C(=O)N(C)C)c1F. The molecule has 1 amide bonds. The fourth-order valence-corrected chi connectivity index (χ4v) is 4.09. The second-order valence-corrected chi connectivity index (χ2v) is 9.32. The zero-order chi connectivity index (χ0) is 28.9. The van der Waals surface area contributed by atoms with Crippen LogP contribution < -0.4 is 10.5 Å². The van der Waals surface area contributed by atoms with Crippen LogP contribution in [-0.2, 0) is 6.54 Å². The van der Waals surface area contributed by atoms with Gasteiger partial charge in [0.2, 0.25) is 0 Å². The molecule has 39 heavy (non-hydrogen) atoms. The second kappa shape index (κ2) is 12.6. The monoisotopic (exact) mass is 556 g/mol. The molecule has 0 aliphatic heterocycles. The number of carbonyl (C=O) groups is 1. The Labute approximate surface area is 230 Å². The predicted molar refractivity (Wildman–Crippen MR) is 150 cm³/mol. The van der Waals surface area contributed by atoms with Gasteiger partial charge < -0.3 is 9.80 Å². The quantitative estimate of drug-likeness (QED) is 0.310. The predicted octanol–water partition coefficient (Wildman–Crippen LogP) is 6.22. The molecule has 0 atom stereocenters. The number of aliphatic imine (C=N–C) groups is 1. The molecule has 204 valence electrons. The maximum atomic E-state index is 15.7. The van der Waals surface area contributed by atoms with E-state index in [1.165, 1.54) is 61.6 Å². The van der Waals surface area contributed by atoms with Crippen LogP contribution in [0.2, 0.25) is 5.02 Å². The lowest BCUT2D eigenvalue weighted by Crippen LogP contribution is -2.25. The van der Waals surface area contributed by atoms with Gasteiger partial charge in [-0.2, -0.15) is 0 Å². The molecule has 0 spiro atoms. The van der Waals surface area contributed by atoms with E-state index in [1.807, 2.05) is 0 Å². The zero-order valence-corrected chi connectivity index (χ0v) is 22.9. The van der Waals surface area contributed by atoms with Crippen molar-refractivity contribution in [2.24, 2.45) is 4.99 Å². The van der Waals surface area contributed by atoms with Crippen molar-refractivity contribution < 1.29 is 18.0 Å². The van der Waals surface area contributed by atoms with Crippen LogP contribution in [-0.4, -0.2) is 42.2 Å². The van der Waals surface area contributed by atoms with Gasteiger partial charge in [0.15, 0.2) is 5.83 Å². The molecular weight excluding hydrogens is 529 g/mol. The molecule has 1 heterocycles. The number of nitrogens with zero attached hydrogens (tertiary/aromatic N) is 4. The van der Waals surface area contributed by atoms with Crippen LogP contribution in [0.3, 0.4) is 0 Å². The first kappa shape index (κ1) is 29.4. The number of amides is 1. The molecule has 6 nitrogen and oxygen atoms in total. The molecule has 2 aromatic carbocycles. The Morgan fingerprint density at radius 2 is 1.72 bits per heavy atom. The van der Waals surface area contributed by atoms with Crippen molar-refractivity contribution in [3.05, 3.63) is 116 Å². The molecule has 10 heteroatoms. The molecular formula is C29H28ClF3N4O2. The topological polar surface area (TPSA) is 57.9 Å². The van der Waals surface area contributed by atoms with Gasteiger partial charge in [-0.3, -0.25) is 19.1 Å². The fourth-order valence-electron chi connectivity index (χ4n) is 3.80. The molecule has 0 radical (unpaired) electrons. The first-order chi connectivity index (χ1) is 18.5. The number of hydrogen-bond donors (Lipinski definition) is 0. The van der Waals surface area contributed by atoms with Gasteiger partial charge in [0.05, 0.1) is 17.5 Å². The number of carbonyl (C=O) groups excluding carboxylic acids is 1. The third-order valence-corrected chi connectivity index (χ3v) is 6.17. The summed E-state index contributed by atoms with van der Waals surface area (Å²) in [5, 5.41) is -0.161. The van der Waals surface area contributed by atoms with Crippen LogP contribution in [0.15, 0.2) is 76.4 Å². The van der Waals surface area contributed by atoms with Crippen molar-refractivity contribution in [1.82, 2.24) is 9.47 Å². The molecule has 1 aromatic heterocycles. The van der Waals surface area contributed by atoms with Crippen LogP contribution >= 0.6 is 11.6 Å². The van der Waals surface area contributed by atoms with E-state index in [9.17, 15) is 14.0 Å². The van der Waals surface area contributed by atoms with Gasteiger partial charge in [-0.05, 0) is 49.7 Å². The zero-order valence-electron chi connectivity index (χ0n) is 22.2. The second-order valence-electron chi connectivity index (χ2n) is 8.95. The van der Waals surface area contributed by atoms with Crippen LogP contribution in [0.25, 0.3) is 6.20 Å². The summed E-state index contributed by atoms with van der Waals surface area (Å²) in [6.07, 6.45) is 3.69. The number of halogens is 4. The highest BCUT2D eigenvalue weighted by atomic mass is 35.5. The van der Waals surface area contributed by atoms with E-state index in [0.717, 1.165) is 16.3 Å². The number of anilines is 1. The average Bonchev–Trinajstić information content (AvgIpc) is 2.90. The first-order valence-electron chi connectivity index (χ1n) is 11.9. The molecule has 0 aliphatic carbocycles. The molecule has 0 aliphatic rings. The lowest BCUT2D eigenvalue weighted by molar-refractivity contribution is 0.0823.